The number of hydrogen-bond acceptors (Lipinski definition) is 4. The molecule has 140 valence electrons. The van der Waals surface area contributed by atoms with E-state index in [4.69, 9.17) is 11.6 Å². The number of hydrogen-bond donors (Lipinski definition) is 1. The fraction of sp³-hybridized carbons (Fsp3) is 0.375. The second-order valence-corrected chi connectivity index (χ2v) is 8.49. The minimum atomic E-state index is -3.74. The van der Waals surface area contributed by atoms with Crippen molar-refractivity contribution in [3.05, 3.63) is 41.6 Å². The summed E-state index contributed by atoms with van der Waals surface area (Å²) in [6, 6.07) is 3.89. The van der Waals surface area contributed by atoms with Crippen molar-refractivity contribution in [3.63, 3.8) is 0 Å². The highest BCUT2D eigenvalue weighted by Gasteiger charge is 2.34. The Hall–Kier alpha value is -1.97. The van der Waals surface area contributed by atoms with Crippen LogP contribution in [0, 0.1) is 11.7 Å². The van der Waals surface area contributed by atoms with Crippen LogP contribution in [0.15, 0.2) is 35.7 Å². The molecule has 1 aromatic carbocycles. The van der Waals surface area contributed by atoms with Crippen LogP contribution >= 0.6 is 11.6 Å². The number of sulfonamides is 1. The maximum absolute atomic E-state index is 13.2. The number of nitrogens with zero attached hydrogens (tertiary/aromatic N) is 3. The van der Waals surface area contributed by atoms with Crippen molar-refractivity contribution >= 4 is 33.2 Å². The lowest BCUT2D eigenvalue weighted by Gasteiger charge is -2.30. The van der Waals surface area contributed by atoms with Crippen LogP contribution in [0.1, 0.15) is 12.8 Å². The molecule has 0 bridgehead atoms. The van der Waals surface area contributed by atoms with Crippen LogP contribution < -0.4 is 5.32 Å². The number of aromatic nitrogens is 2. The van der Waals surface area contributed by atoms with Crippen LogP contribution in [0.3, 0.4) is 0 Å². The molecule has 3 rings (SSSR count). The molecule has 1 aliphatic heterocycles. The molecule has 0 saturated carbocycles. The third-order valence-electron chi connectivity index (χ3n) is 4.23. The standard InChI is InChI=1S/C16H18ClFN4O3S/c1-21-9-15(19-10-21)26(24,25)22-6-2-3-11(8-22)16(23)20-12-4-5-14(18)13(17)7-12/h4-5,7,9-11H,2-3,6,8H2,1H3,(H,20,23)/t11-/m0/s1. The van der Waals surface area contributed by atoms with E-state index in [0.29, 0.717) is 25.1 Å². The zero-order valence-electron chi connectivity index (χ0n) is 14.0. The van der Waals surface area contributed by atoms with E-state index < -0.39 is 21.8 Å². The van der Waals surface area contributed by atoms with Gasteiger partial charge < -0.3 is 9.88 Å². The highest BCUT2D eigenvalue weighted by atomic mass is 35.5. The van der Waals surface area contributed by atoms with Gasteiger partial charge in [-0.1, -0.05) is 11.6 Å². The van der Waals surface area contributed by atoms with Crippen molar-refractivity contribution in [3.8, 4) is 0 Å². The lowest BCUT2D eigenvalue weighted by molar-refractivity contribution is -0.120. The smallest absolute Gasteiger partial charge is 0.262 e. The predicted molar refractivity (Wildman–Crippen MR) is 94.7 cm³/mol. The summed E-state index contributed by atoms with van der Waals surface area (Å²) in [6.45, 7) is 0.407. The number of rotatable bonds is 4. The lowest BCUT2D eigenvalue weighted by Crippen LogP contribution is -2.43. The molecule has 1 N–H and O–H groups in total. The highest BCUT2D eigenvalue weighted by molar-refractivity contribution is 7.89. The number of carbonyl (C=O) groups is 1. The van der Waals surface area contributed by atoms with Crippen LogP contribution in [-0.4, -0.2) is 41.3 Å². The third kappa shape index (κ3) is 3.89. The first-order chi connectivity index (χ1) is 12.3. The van der Waals surface area contributed by atoms with Crippen LogP contribution in [0.5, 0.6) is 0 Å². The molecule has 26 heavy (non-hydrogen) atoms. The number of aryl methyl sites for hydroxylation is 1. The van der Waals surface area contributed by atoms with Crippen molar-refractivity contribution in [2.45, 2.75) is 17.9 Å². The van der Waals surface area contributed by atoms with Gasteiger partial charge in [-0.15, -0.1) is 0 Å². The molecule has 1 aromatic heterocycles. The highest BCUT2D eigenvalue weighted by Crippen LogP contribution is 2.25. The summed E-state index contributed by atoms with van der Waals surface area (Å²) in [5.74, 6) is -1.41. The molecule has 7 nitrogen and oxygen atoms in total. The van der Waals surface area contributed by atoms with Gasteiger partial charge in [-0.25, -0.2) is 17.8 Å². The molecule has 1 amide bonds. The molecule has 1 aliphatic rings. The van der Waals surface area contributed by atoms with Gasteiger partial charge in [0.05, 0.1) is 17.3 Å². The normalized spacial score (nSPS) is 18.7. The largest absolute Gasteiger partial charge is 0.339 e. The van der Waals surface area contributed by atoms with Gasteiger partial charge in [-0.2, -0.15) is 4.31 Å². The van der Waals surface area contributed by atoms with Gasteiger partial charge >= 0.3 is 0 Å². The zero-order valence-corrected chi connectivity index (χ0v) is 15.6. The van der Waals surface area contributed by atoms with Crippen LogP contribution in [0.25, 0.3) is 0 Å². The summed E-state index contributed by atoms with van der Waals surface area (Å²) in [6.07, 6.45) is 3.97. The van der Waals surface area contributed by atoms with Crippen molar-refractivity contribution in [1.29, 1.82) is 0 Å². The number of imidazole rings is 1. The Morgan fingerprint density at radius 2 is 2.19 bits per heavy atom. The molecule has 2 aromatic rings. The van der Waals surface area contributed by atoms with E-state index in [9.17, 15) is 17.6 Å². The number of halogens is 2. The van der Waals surface area contributed by atoms with Gasteiger partial charge in [0.25, 0.3) is 10.0 Å². The maximum atomic E-state index is 13.2. The van der Waals surface area contributed by atoms with E-state index in [-0.39, 0.29) is 22.5 Å². The first-order valence-corrected chi connectivity index (χ1v) is 9.83. The Bertz CT molecular complexity index is 931. The van der Waals surface area contributed by atoms with Crippen molar-refractivity contribution in [2.24, 2.45) is 13.0 Å². The Balaban J connectivity index is 1.71. The molecular formula is C16H18ClFN4O3S. The second kappa shape index (κ2) is 7.34. The summed E-state index contributed by atoms with van der Waals surface area (Å²) >= 11 is 5.71. The fourth-order valence-electron chi connectivity index (χ4n) is 2.85. The fourth-order valence-corrected chi connectivity index (χ4v) is 4.52. The van der Waals surface area contributed by atoms with Crippen molar-refractivity contribution < 1.29 is 17.6 Å². The minimum Gasteiger partial charge on any atom is -0.339 e. The molecule has 0 spiro atoms. The molecule has 2 heterocycles. The second-order valence-electron chi connectivity index (χ2n) is 6.20. The van der Waals surface area contributed by atoms with E-state index >= 15 is 0 Å². The Labute approximate surface area is 155 Å². The molecule has 0 radical (unpaired) electrons. The van der Waals surface area contributed by atoms with E-state index in [0.717, 1.165) is 6.07 Å². The van der Waals surface area contributed by atoms with Crippen LogP contribution in [-0.2, 0) is 21.9 Å². The van der Waals surface area contributed by atoms with Crippen molar-refractivity contribution in [2.75, 3.05) is 18.4 Å². The number of piperidine rings is 1. The van der Waals surface area contributed by atoms with E-state index in [1.165, 1.54) is 29.0 Å². The van der Waals surface area contributed by atoms with Crippen LogP contribution in [0.2, 0.25) is 5.02 Å². The van der Waals surface area contributed by atoms with Gasteiger partial charge in [0.1, 0.15) is 5.82 Å². The summed E-state index contributed by atoms with van der Waals surface area (Å²) in [7, 11) is -2.06. The molecule has 1 atom stereocenters. The van der Waals surface area contributed by atoms with Gasteiger partial charge in [-0.3, -0.25) is 4.79 Å². The molecule has 0 unspecified atom stereocenters. The number of carbonyl (C=O) groups excluding carboxylic acids is 1. The minimum absolute atomic E-state index is 0.0358. The Morgan fingerprint density at radius 1 is 1.42 bits per heavy atom. The average Bonchev–Trinajstić information content (AvgIpc) is 3.05. The van der Waals surface area contributed by atoms with E-state index in [1.54, 1.807) is 11.6 Å². The number of nitrogens with one attached hydrogen (secondary N) is 1. The Morgan fingerprint density at radius 3 is 2.85 bits per heavy atom. The molecular weight excluding hydrogens is 383 g/mol. The van der Waals surface area contributed by atoms with Crippen molar-refractivity contribution in [1.82, 2.24) is 13.9 Å². The summed E-state index contributed by atoms with van der Waals surface area (Å²) in [5, 5.41) is 2.54. The van der Waals surface area contributed by atoms with Gasteiger partial charge in [0.15, 0.2) is 5.03 Å². The molecule has 10 heteroatoms. The molecule has 0 aliphatic carbocycles. The number of benzene rings is 1. The first-order valence-electron chi connectivity index (χ1n) is 8.01. The summed E-state index contributed by atoms with van der Waals surface area (Å²) in [5.41, 5.74) is 0.367. The van der Waals surface area contributed by atoms with E-state index in [1.807, 2.05) is 0 Å². The Kier molecular flexibility index (Phi) is 5.31. The predicted octanol–water partition coefficient (Wildman–Crippen LogP) is 2.25. The molecule has 1 fully saturated rings. The van der Waals surface area contributed by atoms with E-state index in [2.05, 4.69) is 10.3 Å². The third-order valence-corrected chi connectivity index (χ3v) is 6.27. The van der Waals surface area contributed by atoms with Gasteiger partial charge in [0.2, 0.25) is 5.91 Å². The summed E-state index contributed by atoms with van der Waals surface area (Å²) in [4.78, 5) is 16.4. The number of amides is 1. The summed E-state index contributed by atoms with van der Waals surface area (Å²) < 4.78 is 41.4. The topological polar surface area (TPSA) is 84.3 Å². The van der Waals surface area contributed by atoms with Gasteiger partial charge in [0, 0.05) is 32.0 Å². The monoisotopic (exact) mass is 400 g/mol. The quantitative estimate of drug-likeness (QED) is 0.853. The average molecular weight is 401 g/mol. The zero-order chi connectivity index (χ0) is 18.9. The van der Waals surface area contributed by atoms with Crippen LogP contribution in [0.4, 0.5) is 10.1 Å². The molecule has 1 saturated heterocycles. The first kappa shape index (κ1) is 18.8. The maximum Gasteiger partial charge on any atom is 0.262 e. The lowest BCUT2D eigenvalue weighted by atomic mass is 9.99. The SMILES string of the molecule is Cn1cnc(S(=O)(=O)N2CCC[C@H](C(=O)Nc3ccc(F)c(Cl)c3)C2)c1. The number of anilines is 1. The van der Waals surface area contributed by atoms with Gasteiger partial charge in [-0.05, 0) is 31.0 Å².